The van der Waals surface area contributed by atoms with Gasteiger partial charge in [-0.25, -0.2) is 4.79 Å². The molecule has 13 aliphatic rings. The van der Waals surface area contributed by atoms with E-state index in [0.717, 1.165) is 11.9 Å². The molecule has 0 radical (unpaired) electrons. The summed E-state index contributed by atoms with van der Waals surface area (Å²) >= 11 is 0. The first-order chi connectivity index (χ1) is 63.4. The quantitative estimate of drug-likeness (QED) is 0.0129. The van der Waals surface area contributed by atoms with E-state index in [1.165, 1.54) is 20.8 Å². The highest BCUT2D eigenvalue weighted by atomic mass is 16.8. The molecule has 20 N–H and O–H groups in total. The van der Waals surface area contributed by atoms with E-state index in [1.54, 1.807) is 20.8 Å². The monoisotopic (exact) mass is 1940 g/mol. The summed E-state index contributed by atoms with van der Waals surface area (Å²) in [6.07, 6.45) is -51.5. The molecular weight excluding hydrogens is 1790 g/mol. The van der Waals surface area contributed by atoms with E-state index >= 15 is 4.79 Å². The van der Waals surface area contributed by atoms with Gasteiger partial charge < -0.3 is 192 Å². The molecule has 43 heteroatoms. The third-order valence-corrected chi connectivity index (χ3v) is 32.5. The van der Waals surface area contributed by atoms with Gasteiger partial charge in [-0.2, -0.15) is 0 Å². The number of aliphatic hydroxyl groups excluding tert-OH is 19. The highest BCUT2D eigenvalue weighted by Gasteiger charge is 2.72. The van der Waals surface area contributed by atoms with Gasteiger partial charge in [0.1, 0.15) is 123 Å². The number of aliphatic hydroxyl groups is 19. The fourth-order valence-electron chi connectivity index (χ4n) is 23.4. The van der Waals surface area contributed by atoms with Gasteiger partial charge in [-0.3, -0.25) is 14.4 Å². The van der Waals surface area contributed by atoms with Crippen LogP contribution in [0.4, 0.5) is 0 Å². The lowest BCUT2D eigenvalue weighted by Crippen LogP contribution is -2.67. The Morgan fingerprint density at radius 1 is 0.548 bits per heavy atom. The zero-order valence-corrected chi connectivity index (χ0v) is 78.5. The molecule has 0 amide bonds. The lowest BCUT2D eigenvalue weighted by atomic mass is 9.33. The maximum atomic E-state index is 16.4. The van der Waals surface area contributed by atoms with Gasteiger partial charge in [-0.1, -0.05) is 93.7 Å². The van der Waals surface area contributed by atoms with E-state index in [0.29, 0.717) is 70.6 Å². The smallest absolute Gasteiger partial charge is 0.335 e. The van der Waals surface area contributed by atoms with Crippen molar-refractivity contribution in [2.45, 2.75) is 420 Å². The summed E-state index contributed by atoms with van der Waals surface area (Å²) in [5, 5.41) is 219. The summed E-state index contributed by atoms with van der Waals surface area (Å²) < 4.78 is 108. The average Bonchev–Trinajstić information content (AvgIpc) is 0.833. The lowest BCUT2D eigenvalue weighted by Gasteiger charge is -2.71. The van der Waals surface area contributed by atoms with Gasteiger partial charge >= 0.3 is 35.8 Å². The molecule has 0 aromatic rings. The molecule has 5 aliphatic carbocycles. The van der Waals surface area contributed by atoms with Crippen molar-refractivity contribution in [2.75, 3.05) is 26.4 Å². The van der Waals surface area contributed by atoms with Crippen LogP contribution in [0.25, 0.3) is 0 Å². The van der Waals surface area contributed by atoms with Crippen LogP contribution in [0.2, 0.25) is 0 Å². The molecule has 0 spiro atoms. The van der Waals surface area contributed by atoms with E-state index in [2.05, 4.69) is 40.7 Å². The van der Waals surface area contributed by atoms with E-state index in [9.17, 15) is 121 Å². The number of aliphatic carboxylic acids is 1. The fraction of sp³-hybridized carbons (Fsp3) is 0.880. The Kier molecular flexibility index (Phi) is 33.6. The zero-order chi connectivity index (χ0) is 98.9. The number of aldehydes is 1. The summed E-state index contributed by atoms with van der Waals surface area (Å²) in [6, 6.07) is 0. The van der Waals surface area contributed by atoms with Gasteiger partial charge in [0, 0.05) is 19.3 Å². The SMILES string of the molecule is CC[C@H](C)[C@H](C[C@H](O)CC(=O)O[C@H]1[C@@H](O)[C@@H](C)O[C@@H](OC(=O)[C@]23CCC(C)(C)C[C@H]2C2=CCC4[C@@]5(C)CC[C@H](O[C@H]6C[C@@H](O[C@@H]7O[C@@H](C)[C@H](O)[C@@H](O)[C@H]7O)[C@H](O)[C@@H](C(=O)O)O6)[C@@](C)(C=O)C5CC[C@@]4(C)[C@]2(C)CC3)[C@@H]1O[C@@H]1O[C@@H](C)[C@H](OC2=C(O)[C@@H](OC3=C(O)[C@@H](O)[C@H](O)CO3)[C@H](O)CO2)[C@@H](O)[C@H]1O)OC(=O)C[C@@H](O)C[C@H](O[C@@H]1O[C@@H](CO)[C@H](O)[C@H]1O[C@@H]1OC[C@H](O)[C@@H](O)[C@H]1O)[C@@H](C)CC. The number of carboxylic acid groups (broad SMARTS) is 1. The molecular formula is C92H144O43. The molecule has 4 saturated carbocycles. The third kappa shape index (κ3) is 21.2. The van der Waals surface area contributed by atoms with Gasteiger partial charge in [0.25, 0.3) is 0 Å². The molecule has 770 valence electrons. The van der Waals surface area contributed by atoms with Crippen molar-refractivity contribution < 1.29 is 211 Å². The second kappa shape index (κ2) is 42.5. The van der Waals surface area contributed by atoms with Crippen LogP contribution in [-0.2, 0) is 109 Å². The Morgan fingerprint density at radius 3 is 1.81 bits per heavy atom. The molecule has 6 saturated heterocycles. The topological polar surface area (TPSA) is 656 Å². The molecule has 43 nitrogen and oxygen atoms in total. The number of ether oxygens (including phenoxy) is 18. The Morgan fingerprint density at radius 2 is 1.15 bits per heavy atom. The van der Waals surface area contributed by atoms with E-state index < -0.39 is 353 Å². The molecule has 0 aromatic heterocycles. The van der Waals surface area contributed by atoms with Crippen LogP contribution in [0.5, 0.6) is 0 Å². The van der Waals surface area contributed by atoms with Crippen molar-refractivity contribution in [3.8, 4) is 0 Å². The molecule has 46 atom stereocenters. The van der Waals surface area contributed by atoms with E-state index in [4.69, 9.17) is 85.3 Å². The van der Waals surface area contributed by atoms with Crippen LogP contribution < -0.4 is 0 Å². The van der Waals surface area contributed by atoms with Gasteiger partial charge in [-0.05, 0) is 136 Å². The minimum Gasteiger partial charge on any atom is -0.504 e. The number of fused-ring (bicyclic) bond motifs is 7. The van der Waals surface area contributed by atoms with Crippen LogP contribution in [0.1, 0.15) is 199 Å². The van der Waals surface area contributed by atoms with Crippen molar-refractivity contribution >= 4 is 30.2 Å². The third-order valence-electron chi connectivity index (χ3n) is 32.5. The van der Waals surface area contributed by atoms with E-state index in [-0.39, 0.29) is 42.4 Å². The number of carboxylic acids is 1. The predicted octanol–water partition coefficient (Wildman–Crippen LogP) is -0.521. The summed E-state index contributed by atoms with van der Waals surface area (Å²) in [5.74, 6) is -9.64. The van der Waals surface area contributed by atoms with Crippen molar-refractivity contribution in [2.24, 2.45) is 62.1 Å². The average molecular weight is 1940 g/mol. The predicted molar refractivity (Wildman–Crippen MR) is 453 cm³/mol. The molecule has 8 heterocycles. The number of hydrogen-bond acceptors (Lipinski definition) is 42. The molecule has 10 fully saturated rings. The van der Waals surface area contributed by atoms with Crippen molar-refractivity contribution in [3.05, 3.63) is 35.1 Å². The number of allylic oxidation sites excluding steroid dienone is 2. The molecule has 8 aliphatic heterocycles. The Hall–Kier alpha value is -5.55. The largest absolute Gasteiger partial charge is 0.504 e. The first-order valence-electron chi connectivity index (χ1n) is 47.5. The molecule has 13 rings (SSSR count). The highest BCUT2D eigenvalue weighted by Crippen LogP contribution is 2.76. The van der Waals surface area contributed by atoms with Crippen LogP contribution in [0, 0.1) is 62.1 Å². The molecule has 0 aromatic carbocycles. The maximum Gasteiger partial charge on any atom is 0.335 e. The van der Waals surface area contributed by atoms with Gasteiger partial charge in [0.05, 0.1) is 85.7 Å². The number of esters is 3. The van der Waals surface area contributed by atoms with Gasteiger partial charge in [0.2, 0.25) is 17.8 Å². The van der Waals surface area contributed by atoms with Crippen LogP contribution >= 0.6 is 0 Å². The first-order valence-corrected chi connectivity index (χ1v) is 47.5. The highest BCUT2D eigenvalue weighted by molar-refractivity contribution is 5.79. The van der Waals surface area contributed by atoms with Crippen LogP contribution in [-0.4, -0.2) is 380 Å². The standard InChI is InChI=1S/C92H144O43/c1-14-37(3)49(124-56(100)28-43(96)27-50(38(4)15-2)125-84-76(64(107)52(32-93)127-84)133-80-68(111)62(105)47(98)34-119-80)26-42(95)29-57(101)129-74-60(103)40(6)122-85(77(74)134-83-70(113)66(109)72(41(7)123-83)131-81-71(114)73(48(99)35-120-81)132-79-67(110)61(104)46(97)33-118-79)135-86(117)92-24-22-87(8,9)31-45(92)44-16-17-54-88(10)20-19-55(89(11,36-94)53(88)18-21-91(54,13)90(44,12)23-25-92)128-58-30-51(63(106)75(130-58)78(115)116)126-82-69(112)65(108)59(102)39(5)121-82/h16,36-43,45-55,58-66,68-70,72-77,80,82-85,93,95-99,102-114H,14-15,17-35H2,1-13H3,(H,115,116)/t37-,38-,39-,40+,41-,42-,43-,45-,46+,47-,48+,49-,50-,51+,52-,53?,54?,55-,58+,59-,60-,61-,62+,63-,64-,65+,66-,68+,69+,70+,72-,73-,74-,75-,76+,77+,80-,82-,83-,84+,85-,88-,89-,90+,91+,92-/m0/s1. The van der Waals surface area contributed by atoms with Crippen LogP contribution in [0.3, 0.4) is 0 Å². The minimum absolute atomic E-state index is 0.0681. The van der Waals surface area contributed by atoms with Gasteiger partial charge in [0.15, 0.2) is 62.0 Å². The number of hydrogen-bond donors (Lipinski definition) is 20. The Labute approximate surface area is 782 Å². The van der Waals surface area contributed by atoms with Crippen molar-refractivity contribution in [1.82, 2.24) is 0 Å². The number of rotatable bonds is 33. The minimum atomic E-state index is -2.20. The van der Waals surface area contributed by atoms with Crippen molar-refractivity contribution in [1.29, 1.82) is 0 Å². The lowest BCUT2D eigenvalue weighted by molar-refractivity contribution is -0.361. The Balaban J connectivity index is 0.731. The molecule has 0 bridgehead atoms. The van der Waals surface area contributed by atoms with E-state index in [1.807, 2.05) is 13.8 Å². The molecule has 135 heavy (non-hydrogen) atoms. The fourth-order valence-corrected chi connectivity index (χ4v) is 23.4. The first kappa shape index (κ1) is 107. The second-order valence-electron chi connectivity index (χ2n) is 41.7. The molecule has 2 unspecified atom stereocenters. The Bertz CT molecular complexity index is 4150. The maximum absolute atomic E-state index is 16.4. The normalized spacial score (nSPS) is 46.2. The second-order valence-corrected chi connectivity index (χ2v) is 41.7. The van der Waals surface area contributed by atoms with Crippen LogP contribution in [0.15, 0.2) is 35.1 Å². The summed E-state index contributed by atoms with van der Waals surface area (Å²) in [7, 11) is 0. The van der Waals surface area contributed by atoms with Crippen molar-refractivity contribution in [3.63, 3.8) is 0 Å². The number of carbonyl (C=O) groups is 5. The summed E-state index contributed by atoms with van der Waals surface area (Å²) in [4.78, 5) is 71.9. The van der Waals surface area contributed by atoms with Gasteiger partial charge in [-0.15, -0.1) is 0 Å². The summed E-state index contributed by atoms with van der Waals surface area (Å²) in [5.41, 5.74) is -3.44. The zero-order valence-electron chi connectivity index (χ0n) is 78.5. The summed E-state index contributed by atoms with van der Waals surface area (Å²) in [6.45, 7) is 21.8. The number of carbonyl (C=O) groups excluding carboxylic acids is 4.